The lowest BCUT2D eigenvalue weighted by atomic mass is 10.3. The molecule has 0 unspecified atom stereocenters. The smallest absolute Gasteiger partial charge is 0.217 e. The average Bonchev–Trinajstić information content (AvgIpc) is 2.34. The van der Waals surface area contributed by atoms with Crippen LogP contribution in [0, 0.1) is 0 Å². The molecule has 11 heavy (non-hydrogen) atoms. The van der Waals surface area contributed by atoms with Crippen molar-refractivity contribution in [3.63, 3.8) is 0 Å². The number of aromatic nitrogens is 1. The van der Waals surface area contributed by atoms with E-state index in [0.29, 0.717) is 5.69 Å². The summed E-state index contributed by atoms with van der Waals surface area (Å²) in [5.41, 5.74) is 0.552. The average molecular weight is 346 g/mol. The summed E-state index contributed by atoms with van der Waals surface area (Å²) >= 11 is 9.39. The second kappa shape index (κ2) is 3.41. The van der Waals surface area contributed by atoms with E-state index in [-0.39, 0.29) is 5.78 Å². The van der Waals surface area contributed by atoms with Gasteiger partial charge in [0.05, 0.1) is 5.69 Å². The number of ketones is 1. The molecule has 1 N–H and O–H groups in total. The van der Waals surface area contributed by atoms with Crippen molar-refractivity contribution in [2.45, 2.75) is 2.14 Å². The van der Waals surface area contributed by atoms with Gasteiger partial charge in [0, 0.05) is 6.20 Å². The van der Waals surface area contributed by atoms with Gasteiger partial charge in [-0.1, -0.05) is 47.8 Å². The number of aromatic amines is 1. The first-order valence-corrected chi connectivity index (χ1v) is 5.14. The van der Waals surface area contributed by atoms with Crippen LogP contribution in [0.15, 0.2) is 18.3 Å². The highest BCUT2D eigenvalue weighted by Crippen LogP contribution is 2.36. The molecule has 0 bridgehead atoms. The Morgan fingerprint density at radius 3 is 2.45 bits per heavy atom. The Morgan fingerprint density at radius 2 is 2.09 bits per heavy atom. The lowest BCUT2D eigenvalue weighted by Crippen LogP contribution is -2.17. The molecule has 0 aromatic carbocycles. The van der Waals surface area contributed by atoms with Crippen molar-refractivity contribution >= 4 is 53.6 Å². The highest BCUT2D eigenvalue weighted by atomic mass is 80.0. The molecule has 2 nitrogen and oxygen atoms in total. The van der Waals surface area contributed by atoms with Crippen LogP contribution in [-0.4, -0.2) is 12.9 Å². The topological polar surface area (TPSA) is 32.9 Å². The number of hydrogen-bond acceptors (Lipinski definition) is 1. The quantitative estimate of drug-likeness (QED) is 0.616. The molecule has 0 aliphatic rings. The van der Waals surface area contributed by atoms with Gasteiger partial charge >= 0.3 is 0 Å². The highest BCUT2D eigenvalue weighted by Gasteiger charge is 2.29. The molecule has 1 rings (SSSR count). The first-order chi connectivity index (χ1) is 5.02. The number of Topliss-reactive ketones (excluding diaryl/α,β-unsaturated/α-hetero) is 1. The van der Waals surface area contributed by atoms with Gasteiger partial charge in [0.1, 0.15) is 0 Å². The zero-order valence-corrected chi connectivity index (χ0v) is 10.0. The predicted octanol–water partition coefficient (Wildman–Crippen LogP) is 3.04. The summed E-state index contributed by atoms with van der Waals surface area (Å²) in [4.78, 5) is 14.2. The maximum atomic E-state index is 11.4. The second-order valence-electron chi connectivity index (χ2n) is 1.91. The van der Waals surface area contributed by atoms with E-state index in [4.69, 9.17) is 0 Å². The van der Waals surface area contributed by atoms with E-state index in [1.165, 1.54) is 0 Å². The van der Waals surface area contributed by atoms with E-state index in [9.17, 15) is 4.79 Å². The van der Waals surface area contributed by atoms with Crippen molar-refractivity contribution in [1.29, 1.82) is 0 Å². The molecular formula is C6H4Br3NO. The number of hydrogen-bond donors (Lipinski definition) is 1. The van der Waals surface area contributed by atoms with E-state index in [0.717, 1.165) is 0 Å². The minimum absolute atomic E-state index is 0.0949. The number of H-pyrrole nitrogens is 1. The molecule has 0 spiro atoms. The minimum Gasteiger partial charge on any atom is -0.359 e. The molecule has 1 heterocycles. The fourth-order valence-electron chi connectivity index (χ4n) is 0.624. The number of nitrogens with one attached hydrogen (secondary N) is 1. The number of carbonyl (C=O) groups excluding carboxylic acids is 1. The molecule has 1 aromatic heterocycles. The van der Waals surface area contributed by atoms with Crippen LogP contribution < -0.4 is 0 Å². The van der Waals surface area contributed by atoms with Crippen LogP contribution in [-0.2, 0) is 0 Å². The lowest BCUT2D eigenvalue weighted by Gasteiger charge is -2.07. The molecule has 60 valence electrons. The largest absolute Gasteiger partial charge is 0.359 e. The summed E-state index contributed by atoms with van der Waals surface area (Å²) in [5.74, 6) is -0.0949. The molecule has 1 aromatic rings. The molecule has 0 aliphatic heterocycles. The Morgan fingerprint density at radius 1 is 1.45 bits per heavy atom. The molecule has 0 amide bonds. The Hall–Kier alpha value is 0.390. The Kier molecular flexibility index (Phi) is 2.94. The fraction of sp³-hybridized carbons (Fsp3) is 0.167. The van der Waals surface area contributed by atoms with E-state index in [1.54, 1.807) is 18.3 Å². The predicted molar refractivity (Wildman–Crippen MR) is 54.6 cm³/mol. The fourth-order valence-corrected chi connectivity index (χ4v) is 1.27. The van der Waals surface area contributed by atoms with Gasteiger partial charge in [0.25, 0.3) is 0 Å². The maximum Gasteiger partial charge on any atom is 0.217 e. The molecule has 0 aliphatic carbocycles. The summed E-state index contributed by atoms with van der Waals surface area (Å²) in [6.45, 7) is 0. The Balaban J connectivity index is 2.88. The monoisotopic (exact) mass is 343 g/mol. The Bertz CT molecular complexity index is 249. The van der Waals surface area contributed by atoms with Crippen LogP contribution in [0.4, 0.5) is 0 Å². The standard InChI is InChI=1S/C6H4Br3NO/c7-6(8,9)5(11)4-2-1-3-10-4/h1-3,10H. The zero-order chi connectivity index (χ0) is 8.48. The van der Waals surface area contributed by atoms with Crippen LogP contribution in [0.1, 0.15) is 10.5 Å². The third-order valence-electron chi connectivity index (χ3n) is 1.10. The van der Waals surface area contributed by atoms with Crippen LogP contribution in [0.5, 0.6) is 0 Å². The van der Waals surface area contributed by atoms with Crippen molar-refractivity contribution < 1.29 is 4.79 Å². The van der Waals surface area contributed by atoms with Crippen LogP contribution in [0.3, 0.4) is 0 Å². The lowest BCUT2D eigenvalue weighted by molar-refractivity contribution is 0.100. The van der Waals surface area contributed by atoms with E-state index in [2.05, 4.69) is 52.8 Å². The number of carbonyl (C=O) groups is 1. The van der Waals surface area contributed by atoms with Crippen LogP contribution >= 0.6 is 47.8 Å². The molecule has 0 saturated carbocycles. The van der Waals surface area contributed by atoms with Gasteiger partial charge in [-0.05, 0) is 12.1 Å². The van der Waals surface area contributed by atoms with Gasteiger partial charge in [-0.2, -0.15) is 0 Å². The second-order valence-corrected chi connectivity index (χ2v) is 8.67. The SMILES string of the molecule is O=C(c1ccc[nH]1)C(Br)(Br)Br. The van der Waals surface area contributed by atoms with Crippen molar-refractivity contribution in [2.75, 3.05) is 0 Å². The van der Waals surface area contributed by atoms with Crippen molar-refractivity contribution in [3.8, 4) is 0 Å². The molecule has 0 saturated heterocycles. The van der Waals surface area contributed by atoms with Crippen molar-refractivity contribution in [3.05, 3.63) is 24.0 Å². The van der Waals surface area contributed by atoms with Crippen LogP contribution in [0.2, 0.25) is 0 Å². The van der Waals surface area contributed by atoms with Gasteiger partial charge in [-0.15, -0.1) is 0 Å². The zero-order valence-electron chi connectivity index (χ0n) is 5.27. The summed E-state index contributed by atoms with van der Waals surface area (Å²) in [7, 11) is 0. The molecular weight excluding hydrogens is 342 g/mol. The Labute approximate surface area is 89.1 Å². The van der Waals surface area contributed by atoms with Gasteiger partial charge in [0.15, 0.2) is 2.14 Å². The van der Waals surface area contributed by atoms with Gasteiger partial charge < -0.3 is 4.98 Å². The minimum atomic E-state index is -0.849. The molecule has 0 radical (unpaired) electrons. The number of halogens is 3. The summed E-state index contributed by atoms with van der Waals surface area (Å²) < 4.78 is -0.849. The third kappa shape index (κ3) is 2.42. The molecule has 5 heteroatoms. The number of rotatable bonds is 1. The molecule has 0 atom stereocenters. The van der Waals surface area contributed by atoms with E-state index < -0.39 is 2.14 Å². The summed E-state index contributed by atoms with van der Waals surface area (Å²) in [5, 5.41) is 0. The number of alkyl halides is 3. The molecule has 0 fully saturated rings. The van der Waals surface area contributed by atoms with Crippen molar-refractivity contribution in [2.24, 2.45) is 0 Å². The highest BCUT2D eigenvalue weighted by molar-refractivity contribution is 9.40. The summed E-state index contributed by atoms with van der Waals surface area (Å²) in [6.07, 6.45) is 1.70. The first kappa shape index (κ1) is 9.48. The normalized spacial score (nSPS) is 11.5. The van der Waals surface area contributed by atoms with Crippen LogP contribution in [0.25, 0.3) is 0 Å². The van der Waals surface area contributed by atoms with Crippen molar-refractivity contribution in [1.82, 2.24) is 4.98 Å². The van der Waals surface area contributed by atoms with Gasteiger partial charge in [-0.3, -0.25) is 4.79 Å². The first-order valence-electron chi connectivity index (χ1n) is 2.77. The van der Waals surface area contributed by atoms with Gasteiger partial charge in [0.2, 0.25) is 5.78 Å². The van der Waals surface area contributed by atoms with Gasteiger partial charge in [-0.25, -0.2) is 0 Å². The van der Waals surface area contributed by atoms with E-state index >= 15 is 0 Å². The maximum absolute atomic E-state index is 11.4. The summed E-state index contributed by atoms with van der Waals surface area (Å²) in [6, 6.07) is 3.48. The third-order valence-corrected chi connectivity index (χ3v) is 2.18. The van der Waals surface area contributed by atoms with E-state index in [1.807, 2.05) is 0 Å².